The molecular formula is C50H98O8. The van der Waals surface area contributed by atoms with E-state index in [1.54, 1.807) is 27.7 Å². The van der Waals surface area contributed by atoms with Crippen molar-refractivity contribution in [1.29, 1.82) is 0 Å². The van der Waals surface area contributed by atoms with Crippen molar-refractivity contribution in [1.82, 2.24) is 0 Å². The average Bonchev–Trinajstić information content (AvgIpc) is 3.07. The van der Waals surface area contributed by atoms with E-state index < -0.39 is 33.6 Å². The van der Waals surface area contributed by atoms with Crippen molar-refractivity contribution in [3.63, 3.8) is 0 Å². The smallest absolute Gasteiger partial charge is 0.306 e. The molecule has 0 fully saturated rings. The second-order valence-electron chi connectivity index (χ2n) is 20.7. The fraction of sp³-hybridized carbons (Fsp3) is 0.940. The second kappa shape index (κ2) is 28.5. The number of rotatable bonds is 37. The largest absolute Gasteiger partial charge is 0.460 e. The van der Waals surface area contributed by atoms with Crippen LogP contribution in [-0.4, -0.2) is 82.3 Å². The molecule has 0 aliphatic rings. The third-order valence-corrected chi connectivity index (χ3v) is 11.7. The number of esters is 1. The van der Waals surface area contributed by atoms with Crippen LogP contribution in [0.3, 0.4) is 0 Å². The topological polar surface area (TPSA) is 104 Å². The van der Waals surface area contributed by atoms with Gasteiger partial charge in [0.05, 0.1) is 53.9 Å². The highest BCUT2D eigenvalue weighted by atomic mass is 16.6. The molecule has 0 saturated heterocycles. The summed E-state index contributed by atoms with van der Waals surface area (Å²) in [5.74, 6) is -0.208. The molecule has 0 heterocycles. The lowest BCUT2D eigenvalue weighted by molar-refractivity contribution is -0.188. The van der Waals surface area contributed by atoms with Gasteiger partial charge in [-0.25, -0.2) is 0 Å². The van der Waals surface area contributed by atoms with Crippen molar-refractivity contribution < 1.29 is 38.7 Å². The number of allylic oxidation sites excluding steroid dienone is 2. The molecule has 3 atom stereocenters. The van der Waals surface area contributed by atoms with Gasteiger partial charge in [0.25, 0.3) is 0 Å². The van der Waals surface area contributed by atoms with E-state index in [0.29, 0.717) is 58.5 Å². The van der Waals surface area contributed by atoms with Gasteiger partial charge in [-0.1, -0.05) is 77.4 Å². The zero-order valence-electron chi connectivity index (χ0n) is 41.0. The molecule has 0 saturated carbocycles. The summed E-state index contributed by atoms with van der Waals surface area (Å²) in [5, 5.41) is 20.8. The summed E-state index contributed by atoms with van der Waals surface area (Å²) in [6.45, 7) is 32.2. The number of hydrogen-bond donors (Lipinski definition) is 2. The van der Waals surface area contributed by atoms with E-state index in [-0.39, 0.29) is 23.9 Å². The van der Waals surface area contributed by atoms with Crippen molar-refractivity contribution in [3.8, 4) is 0 Å². The van der Waals surface area contributed by atoms with Crippen LogP contribution in [0.2, 0.25) is 0 Å². The van der Waals surface area contributed by atoms with E-state index in [2.05, 4.69) is 67.5 Å². The molecule has 0 aromatic rings. The number of ether oxygens (including phenoxy) is 5. The molecule has 0 aliphatic carbocycles. The number of unbranched alkanes of at least 4 members (excludes halogenated alkanes) is 11. The molecule has 0 rings (SSSR count). The third-order valence-electron chi connectivity index (χ3n) is 11.7. The highest BCUT2D eigenvalue weighted by Gasteiger charge is 2.48. The minimum absolute atomic E-state index is 0.0206. The molecular weight excluding hydrogens is 729 g/mol. The summed E-state index contributed by atoms with van der Waals surface area (Å²) in [6, 6.07) is 0. The van der Waals surface area contributed by atoms with Crippen LogP contribution in [0.4, 0.5) is 0 Å². The maximum absolute atomic E-state index is 12.8. The van der Waals surface area contributed by atoms with Crippen LogP contribution in [0.1, 0.15) is 226 Å². The third kappa shape index (κ3) is 28.5. The maximum Gasteiger partial charge on any atom is 0.306 e. The summed E-state index contributed by atoms with van der Waals surface area (Å²) >= 11 is 0. The van der Waals surface area contributed by atoms with Crippen molar-refractivity contribution in [2.24, 2.45) is 11.8 Å². The van der Waals surface area contributed by atoms with Gasteiger partial charge in [-0.05, 0) is 148 Å². The molecule has 346 valence electrons. The quantitative estimate of drug-likeness (QED) is 0.0363. The van der Waals surface area contributed by atoms with Crippen LogP contribution in [0.25, 0.3) is 0 Å². The maximum atomic E-state index is 12.8. The number of carbonyl (C=O) groups is 1. The molecule has 0 aliphatic heterocycles. The van der Waals surface area contributed by atoms with Crippen LogP contribution in [-0.2, 0) is 28.5 Å². The molecule has 58 heavy (non-hydrogen) atoms. The molecule has 0 amide bonds. The lowest BCUT2D eigenvalue weighted by Gasteiger charge is -2.48. The standard InChI is InChI=1S/C50H98O8/c1-16-19-20-21-22-23-24-25-26-27-28-29-30-31-32-33-43(51)58-47(8,9)36-39-55-48(10,11)40-42(50(14,15)57-38-35-46(6,7)53)44(54-18-3)41(17-2)49(12,13)56-37-34-45(4,5)52/h25-26,41-42,44,52-53H,16-24,27-40H2,1-15H3/b26-25-. The van der Waals surface area contributed by atoms with Gasteiger partial charge in [0, 0.05) is 31.3 Å². The summed E-state index contributed by atoms with van der Waals surface area (Å²) in [5.41, 5.74) is -4.00. The molecule has 0 spiro atoms. The van der Waals surface area contributed by atoms with Gasteiger partial charge in [0.1, 0.15) is 5.60 Å². The Labute approximate surface area is 359 Å². The Morgan fingerprint density at radius 2 is 1.00 bits per heavy atom. The van der Waals surface area contributed by atoms with Gasteiger partial charge >= 0.3 is 5.97 Å². The summed E-state index contributed by atoms with van der Waals surface area (Å²) in [7, 11) is 0. The Morgan fingerprint density at radius 3 is 1.47 bits per heavy atom. The molecule has 0 radical (unpaired) electrons. The summed E-state index contributed by atoms with van der Waals surface area (Å²) < 4.78 is 32.5. The van der Waals surface area contributed by atoms with Gasteiger partial charge < -0.3 is 33.9 Å². The predicted molar refractivity (Wildman–Crippen MR) is 243 cm³/mol. The average molecular weight is 827 g/mol. The Hall–Kier alpha value is -1.03. The zero-order chi connectivity index (χ0) is 44.5. The molecule has 8 heteroatoms. The van der Waals surface area contributed by atoms with Crippen LogP contribution < -0.4 is 0 Å². The Bertz CT molecular complexity index is 1060. The first-order chi connectivity index (χ1) is 26.8. The second-order valence-corrected chi connectivity index (χ2v) is 20.7. The monoisotopic (exact) mass is 827 g/mol. The highest BCUT2D eigenvalue weighted by molar-refractivity contribution is 5.69. The summed E-state index contributed by atoms with van der Waals surface area (Å²) in [6.07, 6.45) is 24.0. The predicted octanol–water partition coefficient (Wildman–Crippen LogP) is 12.9. The lowest BCUT2D eigenvalue weighted by Crippen LogP contribution is -2.54. The van der Waals surface area contributed by atoms with Crippen molar-refractivity contribution >= 4 is 5.97 Å². The number of aliphatic hydroxyl groups is 2. The number of hydrogen-bond acceptors (Lipinski definition) is 8. The summed E-state index contributed by atoms with van der Waals surface area (Å²) in [4.78, 5) is 12.8. The van der Waals surface area contributed by atoms with Gasteiger partial charge in [-0.2, -0.15) is 0 Å². The minimum Gasteiger partial charge on any atom is -0.460 e. The van der Waals surface area contributed by atoms with Gasteiger partial charge in [0.15, 0.2) is 0 Å². The van der Waals surface area contributed by atoms with E-state index >= 15 is 0 Å². The molecule has 8 nitrogen and oxygen atoms in total. The van der Waals surface area contributed by atoms with E-state index in [1.807, 2.05) is 20.8 Å². The van der Waals surface area contributed by atoms with Crippen LogP contribution in [0.5, 0.6) is 0 Å². The highest BCUT2D eigenvalue weighted by Crippen LogP contribution is 2.42. The molecule has 2 N–H and O–H groups in total. The van der Waals surface area contributed by atoms with Gasteiger partial charge in [-0.3, -0.25) is 4.79 Å². The first-order valence-corrected chi connectivity index (χ1v) is 23.7. The molecule has 0 bridgehead atoms. The van der Waals surface area contributed by atoms with Crippen LogP contribution >= 0.6 is 0 Å². The molecule has 0 aromatic heterocycles. The van der Waals surface area contributed by atoms with E-state index in [4.69, 9.17) is 23.7 Å². The zero-order valence-corrected chi connectivity index (χ0v) is 41.0. The van der Waals surface area contributed by atoms with Crippen LogP contribution in [0, 0.1) is 11.8 Å². The first-order valence-electron chi connectivity index (χ1n) is 23.7. The van der Waals surface area contributed by atoms with E-state index in [9.17, 15) is 15.0 Å². The minimum atomic E-state index is -0.838. The Balaban J connectivity index is 5.34. The SMILES string of the molecule is CCCCCCCC/C=C\CCCCCCCC(=O)OC(C)(C)CCOC(C)(C)CC(C(OCC)C(CC)C(C)(C)OCCC(C)(C)O)C(C)(C)OCCC(C)(C)O. The fourth-order valence-corrected chi connectivity index (χ4v) is 7.84. The lowest BCUT2D eigenvalue weighted by atomic mass is 9.70. The Kier molecular flexibility index (Phi) is 28.0. The molecule has 0 aromatic carbocycles. The molecule has 3 unspecified atom stereocenters. The van der Waals surface area contributed by atoms with Crippen molar-refractivity contribution in [2.45, 2.75) is 266 Å². The van der Waals surface area contributed by atoms with Crippen LogP contribution in [0.15, 0.2) is 12.2 Å². The normalized spacial score (nSPS) is 15.3. The fourth-order valence-electron chi connectivity index (χ4n) is 7.84. The van der Waals surface area contributed by atoms with Crippen molar-refractivity contribution in [3.05, 3.63) is 12.2 Å². The van der Waals surface area contributed by atoms with E-state index in [1.165, 1.54) is 57.8 Å². The van der Waals surface area contributed by atoms with E-state index in [0.717, 1.165) is 32.1 Å². The first kappa shape index (κ1) is 57.0. The number of carbonyl (C=O) groups excluding carboxylic acids is 1. The van der Waals surface area contributed by atoms with Gasteiger partial charge in [0.2, 0.25) is 0 Å². The Morgan fingerprint density at radius 1 is 0.552 bits per heavy atom. The van der Waals surface area contributed by atoms with Gasteiger partial charge in [-0.15, -0.1) is 0 Å². The van der Waals surface area contributed by atoms with Crippen molar-refractivity contribution in [2.75, 3.05) is 26.4 Å².